The lowest BCUT2D eigenvalue weighted by atomic mass is 9.82. The molecule has 122 valence electrons. The van der Waals surface area contributed by atoms with Crippen LogP contribution in [0.4, 0.5) is 8.78 Å². The van der Waals surface area contributed by atoms with Crippen molar-refractivity contribution in [3.63, 3.8) is 0 Å². The van der Waals surface area contributed by atoms with Gasteiger partial charge < -0.3 is 15.5 Å². The lowest BCUT2D eigenvalue weighted by molar-refractivity contribution is -0.193. The zero-order valence-corrected chi connectivity index (χ0v) is 12.0. The molecule has 0 aliphatic heterocycles. The Hall–Kier alpha value is -1.54. The van der Waals surface area contributed by atoms with Gasteiger partial charge >= 0.3 is 5.92 Å². The fourth-order valence-corrected chi connectivity index (χ4v) is 3.32. The van der Waals surface area contributed by atoms with Crippen molar-refractivity contribution in [3.8, 4) is 0 Å². The largest absolute Gasteiger partial charge is 0.391 e. The van der Waals surface area contributed by atoms with Crippen molar-refractivity contribution in [1.82, 2.24) is 15.1 Å². The van der Waals surface area contributed by atoms with Crippen LogP contribution in [0.2, 0.25) is 0 Å². The van der Waals surface area contributed by atoms with Crippen molar-refractivity contribution in [2.75, 3.05) is 0 Å². The highest BCUT2D eigenvalue weighted by Crippen LogP contribution is 2.42. The molecule has 22 heavy (non-hydrogen) atoms. The van der Waals surface area contributed by atoms with E-state index in [1.165, 1.54) is 10.9 Å². The van der Waals surface area contributed by atoms with Crippen molar-refractivity contribution in [3.05, 3.63) is 18.5 Å². The maximum absolute atomic E-state index is 14.2. The second-order valence-electron chi connectivity index (χ2n) is 6.17. The van der Waals surface area contributed by atoms with Gasteiger partial charge in [0, 0.05) is 12.4 Å². The van der Waals surface area contributed by atoms with Gasteiger partial charge in [-0.25, -0.2) is 0 Å². The Kier molecular flexibility index (Phi) is 3.68. The maximum atomic E-state index is 14.2. The molecular weight excluding hydrogens is 296 g/mol. The predicted molar refractivity (Wildman–Crippen MR) is 72.2 cm³/mol. The third-order valence-electron chi connectivity index (χ3n) is 4.75. The number of aromatic nitrogens is 2. The maximum Gasteiger partial charge on any atom is 0.352 e. The Bertz CT molecular complexity index is 544. The molecule has 1 aromatic heterocycles. The first-order valence-corrected chi connectivity index (χ1v) is 7.43. The van der Waals surface area contributed by atoms with Crippen LogP contribution >= 0.6 is 0 Å². The molecule has 0 saturated heterocycles. The third-order valence-corrected chi connectivity index (χ3v) is 4.75. The molecule has 0 unspecified atom stereocenters. The Morgan fingerprint density at radius 3 is 2.64 bits per heavy atom. The van der Waals surface area contributed by atoms with Crippen LogP contribution in [0, 0.1) is 0 Å². The lowest BCUT2D eigenvalue weighted by Gasteiger charge is -2.43. The van der Waals surface area contributed by atoms with E-state index in [0.29, 0.717) is 12.8 Å². The first-order chi connectivity index (χ1) is 10.3. The number of nitrogens with one attached hydrogen (secondary N) is 1. The highest BCUT2D eigenvalue weighted by Gasteiger charge is 2.60. The molecule has 2 aliphatic rings. The van der Waals surface area contributed by atoms with Crippen LogP contribution in [0.3, 0.4) is 0 Å². The Morgan fingerprint density at radius 2 is 2.09 bits per heavy atom. The number of aliphatic hydroxyl groups excluding tert-OH is 1. The van der Waals surface area contributed by atoms with Crippen LogP contribution in [0.1, 0.15) is 38.1 Å². The average Bonchev–Trinajstić information content (AvgIpc) is 3.10. The summed E-state index contributed by atoms with van der Waals surface area (Å²) in [4.78, 5) is 11.9. The minimum atomic E-state index is -3.83. The molecular formula is C14H19F2N3O3. The molecule has 3 atom stereocenters. The van der Waals surface area contributed by atoms with Gasteiger partial charge in [0.2, 0.25) is 0 Å². The van der Waals surface area contributed by atoms with Crippen LogP contribution < -0.4 is 5.32 Å². The summed E-state index contributed by atoms with van der Waals surface area (Å²) in [5.74, 6) is -5.32. The molecule has 2 saturated carbocycles. The Labute approximate surface area is 126 Å². The molecule has 1 heterocycles. The van der Waals surface area contributed by atoms with Crippen LogP contribution in [0.25, 0.3) is 0 Å². The van der Waals surface area contributed by atoms with E-state index in [4.69, 9.17) is 0 Å². The molecule has 2 aliphatic carbocycles. The van der Waals surface area contributed by atoms with Gasteiger partial charge in [0.25, 0.3) is 5.91 Å². The van der Waals surface area contributed by atoms with Crippen molar-refractivity contribution >= 4 is 5.91 Å². The molecule has 8 heteroatoms. The lowest BCUT2D eigenvalue weighted by Crippen LogP contribution is -2.62. The molecule has 1 aromatic rings. The fourth-order valence-electron chi connectivity index (χ4n) is 3.32. The number of alkyl halides is 2. The number of aliphatic hydroxyl groups is 2. The number of rotatable bonds is 4. The number of halogens is 2. The summed E-state index contributed by atoms with van der Waals surface area (Å²) >= 11 is 0. The molecule has 2 fully saturated rings. The quantitative estimate of drug-likeness (QED) is 0.760. The SMILES string of the molecule is O=C(N[C@H]1C[C@@H](O)[C@@H]1n1cccn1)C(F)(F)C1(O)CCCC1. The number of amides is 1. The number of hydrogen-bond acceptors (Lipinski definition) is 4. The van der Waals surface area contributed by atoms with Crippen molar-refractivity contribution in [2.24, 2.45) is 0 Å². The third kappa shape index (κ3) is 2.30. The molecule has 0 radical (unpaired) electrons. The predicted octanol–water partition coefficient (Wildman–Crippen LogP) is 0.614. The molecule has 0 spiro atoms. The molecule has 0 aromatic carbocycles. The summed E-state index contributed by atoms with van der Waals surface area (Å²) in [7, 11) is 0. The number of nitrogens with zero attached hydrogens (tertiary/aromatic N) is 2. The second-order valence-corrected chi connectivity index (χ2v) is 6.17. The highest BCUT2D eigenvalue weighted by atomic mass is 19.3. The van der Waals surface area contributed by atoms with Crippen LogP contribution in [0.15, 0.2) is 18.5 Å². The van der Waals surface area contributed by atoms with Crippen LogP contribution in [-0.4, -0.2) is 49.6 Å². The van der Waals surface area contributed by atoms with Crippen LogP contribution in [0.5, 0.6) is 0 Å². The monoisotopic (exact) mass is 315 g/mol. The summed E-state index contributed by atoms with van der Waals surface area (Å²) in [6, 6.07) is 0.464. The number of carbonyl (C=O) groups is 1. The van der Waals surface area contributed by atoms with Gasteiger partial charge in [-0.3, -0.25) is 9.48 Å². The van der Waals surface area contributed by atoms with E-state index in [0.717, 1.165) is 0 Å². The van der Waals surface area contributed by atoms with Crippen molar-refractivity contribution in [1.29, 1.82) is 0 Å². The summed E-state index contributed by atoms with van der Waals surface area (Å²) in [6.45, 7) is 0. The minimum Gasteiger partial charge on any atom is -0.391 e. The van der Waals surface area contributed by atoms with E-state index in [1.54, 1.807) is 12.3 Å². The molecule has 1 amide bonds. The van der Waals surface area contributed by atoms with Gasteiger partial charge in [-0.05, 0) is 25.3 Å². The van der Waals surface area contributed by atoms with Gasteiger partial charge in [-0.15, -0.1) is 0 Å². The number of carbonyl (C=O) groups excluding carboxylic acids is 1. The van der Waals surface area contributed by atoms with Crippen molar-refractivity contribution in [2.45, 2.75) is 61.8 Å². The second kappa shape index (κ2) is 5.27. The standard InChI is InChI=1S/C14H19F2N3O3/c15-14(16,13(22)4-1-2-5-13)12(21)18-9-8-10(20)11(9)19-7-3-6-17-19/h3,6-7,9-11,20,22H,1-2,4-5,8H2,(H,18,21)/t9-,10+,11+/m0/s1. The van der Waals surface area contributed by atoms with E-state index in [-0.39, 0.29) is 19.3 Å². The summed E-state index contributed by atoms with van der Waals surface area (Å²) in [6.07, 6.45) is 3.37. The van der Waals surface area contributed by atoms with Gasteiger partial charge in [0.15, 0.2) is 0 Å². The summed E-state index contributed by atoms with van der Waals surface area (Å²) < 4.78 is 29.9. The molecule has 0 bridgehead atoms. The van der Waals surface area contributed by atoms with E-state index >= 15 is 0 Å². The van der Waals surface area contributed by atoms with E-state index in [1.807, 2.05) is 0 Å². The highest BCUT2D eigenvalue weighted by molar-refractivity contribution is 5.85. The topological polar surface area (TPSA) is 87.4 Å². The van der Waals surface area contributed by atoms with E-state index in [2.05, 4.69) is 10.4 Å². The summed E-state index contributed by atoms with van der Waals surface area (Å²) in [5.41, 5.74) is -2.26. The molecule has 6 nitrogen and oxygen atoms in total. The van der Waals surface area contributed by atoms with Gasteiger partial charge in [-0.1, -0.05) is 12.8 Å². The number of hydrogen-bond donors (Lipinski definition) is 3. The van der Waals surface area contributed by atoms with E-state index < -0.39 is 35.6 Å². The smallest absolute Gasteiger partial charge is 0.352 e. The average molecular weight is 315 g/mol. The Balaban J connectivity index is 1.69. The van der Waals surface area contributed by atoms with Crippen molar-refractivity contribution < 1.29 is 23.8 Å². The normalized spacial score (nSPS) is 30.8. The minimum absolute atomic E-state index is 0.0801. The first kappa shape index (κ1) is 15.4. The molecule has 3 rings (SSSR count). The molecule has 3 N–H and O–H groups in total. The van der Waals surface area contributed by atoms with Gasteiger partial charge in [-0.2, -0.15) is 13.9 Å². The fraction of sp³-hybridized carbons (Fsp3) is 0.714. The van der Waals surface area contributed by atoms with Crippen LogP contribution in [-0.2, 0) is 4.79 Å². The summed E-state index contributed by atoms with van der Waals surface area (Å²) in [5, 5.41) is 26.0. The first-order valence-electron chi connectivity index (χ1n) is 7.43. The Morgan fingerprint density at radius 1 is 1.41 bits per heavy atom. The van der Waals surface area contributed by atoms with E-state index in [9.17, 15) is 23.8 Å². The van der Waals surface area contributed by atoms with Gasteiger partial charge in [0.1, 0.15) is 5.60 Å². The zero-order valence-electron chi connectivity index (χ0n) is 12.0. The zero-order chi connectivity index (χ0) is 16.0. The van der Waals surface area contributed by atoms with Gasteiger partial charge in [0.05, 0.1) is 18.2 Å².